The van der Waals surface area contributed by atoms with Gasteiger partial charge in [-0.2, -0.15) is 5.26 Å². The number of rotatable bonds is 2. The summed E-state index contributed by atoms with van der Waals surface area (Å²) in [5.41, 5.74) is 0.615. The molecule has 0 saturated carbocycles. The van der Waals surface area contributed by atoms with Crippen LogP contribution in [0.25, 0.3) is 0 Å². The number of pyridine rings is 1. The molecule has 106 valence electrons. The van der Waals surface area contributed by atoms with Gasteiger partial charge >= 0.3 is 5.97 Å². The van der Waals surface area contributed by atoms with Crippen molar-refractivity contribution in [3.05, 3.63) is 23.4 Å². The van der Waals surface area contributed by atoms with Crippen LogP contribution in [0.15, 0.2) is 12.1 Å². The van der Waals surface area contributed by atoms with Gasteiger partial charge in [0.15, 0.2) is 0 Å². The Balaban J connectivity index is 2.42. The molecule has 0 atom stereocenters. The Labute approximate surface area is 118 Å². The van der Waals surface area contributed by atoms with E-state index in [1.165, 1.54) is 13.2 Å². The van der Waals surface area contributed by atoms with Gasteiger partial charge in [0.2, 0.25) is 0 Å². The largest absolute Gasteiger partial charge is 0.465 e. The topological polar surface area (TPSA) is 78.2 Å². The molecule has 1 saturated heterocycles. The number of nitriles is 1. The molecule has 2 rings (SSSR count). The van der Waals surface area contributed by atoms with Crippen molar-refractivity contribution in [3.63, 3.8) is 0 Å². The lowest BCUT2D eigenvalue weighted by Crippen LogP contribution is -2.57. The molecule has 1 aliphatic heterocycles. The summed E-state index contributed by atoms with van der Waals surface area (Å²) in [7, 11) is 1.34. The van der Waals surface area contributed by atoms with Gasteiger partial charge in [0, 0.05) is 25.2 Å². The van der Waals surface area contributed by atoms with Crippen molar-refractivity contribution in [3.8, 4) is 6.07 Å². The molecule has 20 heavy (non-hydrogen) atoms. The number of carbonyl (C=O) groups excluding carboxylic acids is 1. The van der Waals surface area contributed by atoms with Crippen LogP contribution in [0.1, 0.15) is 29.9 Å². The summed E-state index contributed by atoms with van der Waals surface area (Å²) in [6.07, 6.45) is 0. The Bertz CT molecular complexity index is 563. The molecule has 0 amide bonds. The van der Waals surface area contributed by atoms with E-state index < -0.39 is 5.97 Å². The van der Waals surface area contributed by atoms with Crippen molar-refractivity contribution in [2.24, 2.45) is 0 Å². The third kappa shape index (κ3) is 2.89. The summed E-state index contributed by atoms with van der Waals surface area (Å²) in [4.78, 5) is 18.2. The van der Waals surface area contributed by atoms with Gasteiger partial charge in [0.1, 0.15) is 23.1 Å². The average Bonchev–Trinajstić information content (AvgIpc) is 2.44. The first kappa shape index (κ1) is 14.3. The first-order chi connectivity index (χ1) is 9.46. The maximum atomic E-state index is 11.9. The second-order valence-electron chi connectivity index (χ2n) is 5.40. The third-order valence-corrected chi connectivity index (χ3v) is 3.27. The molecule has 2 heterocycles. The van der Waals surface area contributed by atoms with Gasteiger partial charge in [-0.05, 0) is 26.0 Å². The number of nitrogens with zero attached hydrogens (tertiary/aromatic N) is 3. The number of hydrogen-bond acceptors (Lipinski definition) is 6. The Morgan fingerprint density at radius 2 is 2.30 bits per heavy atom. The zero-order valence-corrected chi connectivity index (χ0v) is 11.9. The highest BCUT2D eigenvalue weighted by molar-refractivity contribution is 5.94. The maximum Gasteiger partial charge on any atom is 0.341 e. The SMILES string of the molecule is COC(=O)c1ccc(C#N)nc1N1CCNC(C)(C)C1. The normalized spacial score (nSPS) is 17.4. The molecular formula is C14H18N4O2. The van der Waals surface area contributed by atoms with Crippen molar-refractivity contribution in [2.75, 3.05) is 31.6 Å². The number of aromatic nitrogens is 1. The lowest BCUT2D eigenvalue weighted by molar-refractivity contribution is 0.0600. The van der Waals surface area contributed by atoms with Crippen LogP contribution >= 0.6 is 0 Å². The molecule has 1 fully saturated rings. The minimum absolute atomic E-state index is 0.0734. The zero-order valence-electron chi connectivity index (χ0n) is 11.9. The van der Waals surface area contributed by atoms with E-state index in [1.54, 1.807) is 6.07 Å². The molecule has 0 bridgehead atoms. The number of methoxy groups -OCH3 is 1. The second-order valence-corrected chi connectivity index (χ2v) is 5.40. The van der Waals surface area contributed by atoms with E-state index in [9.17, 15) is 4.79 Å². The quantitative estimate of drug-likeness (QED) is 0.808. The Morgan fingerprint density at radius 1 is 1.55 bits per heavy atom. The number of esters is 1. The number of nitrogens with one attached hydrogen (secondary N) is 1. The molecule has 1 aromatic heterocycles. The van der Waals surface area contributed by atoms with Gasteiger partial charge in [0.25, 0.3) is 0 Å². The van der Waals surface area contributed by atoms with Crippen LogP contribution < -0.4 is 10.2 Å². The fraction of sp³-hybridized carbons (Fsp3) is 0.500. The third-order valence-electron chi connectivity index (χ3n) is 3.27. The van der Waals surface area contributed by atoms with Crippen LogP contribution in [-0.4, -0.2) is 43.2 Å². The number of piperazine rings is 1. The Hall–Kier alpha value is -2.13. The highest BCUT2D eigenvalue weighted by Gasteiger charge is 2.29. The molecule has 0 spiro atoms. The molecule has 6 nitrogen and oxygen atoms in total. The van der Waals surface area contributed by atoms with Crippen LogP contribution in [0.5, 0.6) is 0 Å². The monoisotopic (exact) mass is 274 g/mol. The van der Waals surface area contributed by atoms with E-state index in [0.717, 1.165) is 13.1 Å². The van der Waals surface area contributed by atoms with Crippen molar-refractivity contribution in [2.45, 2.75) is 19.4 Å². The summed E-state index contributed by atoms with van der Waals surface area (Å²) >= 11 is 0. The fourth-order valence-corrected chi connectivity index (χ4v) is 2.34. The number of hydrogen-bond donors (Lipinski definition) is 1. The molecular weight excluding hydrogens is 256 g/mol. The van der Waals surface area contributed by atoms with Crippen molar-refractivity contribution >= 4 is 11.8 Å². The van der Waals surface area contributed by atoms with Gasteiger partial charge in [-0.3, -0.25) is 0 Å². The van der Waals surface area contributed by atoms with E-state index in [0.29, 0.717) is 23.6 Å². The van der Waals surface area contributed by atoms with Crippen LogP contribution in [0.2, 0.25) is 0 Å². The molecule has 0 unspecified atom stereocenters. The van der Waals surface area contributed by atoms with E-state index in [4.69, 9.17) is 10.00 Å². The number of ether oxygens (including phenoxy) is 1. The minimum Gasteiger partial charge on any atom is -0.465 e. The van der Waals surface area contributed by atoms with E-state index in [-0.39, 0.29) is 5.54 Å². The summed E-state index contributed by atoms with van der Waals surface area (Å²) in [6.45, 7) is 6.41. The Kier molecular flexibility index (Phi) is 3.91. The van der Waals surface area contributed by atoms with E-state index in [2.05, 4.69) is 24.1 Å². The Morgan fingerprint density at radius 3 is 2.90 bits per heavy atom. The highest BCUT2D eigenvalue weighted by Crippen LogP contribution is 2.23. The van der Waals surface area contributed by atoms with Gasteiger partial charge in [-0.15, -0.1) is 0 Å². The fourth-order valence-electron chi connectivity index (χ4n) is 2.34. The smallest absolute Gasteiger partial charge is 0.341 e. The van der Waals surface area contributed by atoms with Crippen LogP contribution in [0.3, 0.4) is 0 Å². The molecule has 6 heteroatoms. The second kappa shape index (κ2) is 5.47. The highest BCUT2D eigenvalue weighted by atomic mass is 16.5. The minimum atomic E-state index is -0.437. The van der Waals surface area contributed by atoms with Crippen molar-refractivity contribution in [1.82, 2.24) is 10.3 Å². The van der Waals surface area contributed by atoms with E-state index >= 15 is 0 Å². The summed E-state index contributed by atoms with van der Waals surface area (Å²) < 4.78 is 4.79. The van der Waals surface area contributed by atoms with Crippen LogP contribution in [0, 0.1) is 11.3 Å². The molecule has 1 aromatic rings. The summed E-state index contributed by atoms with van der Waals surface area (Å²) in [5, 5.41) is 12.4. The first-order valence-corrected chi connectivity index (χ1v) is 6.46. The molecule has 1 aliphatic rings. The van der Waals surface area contributed by atoms with Crippen LogP contribution in [-0.2, 0) is 4.74 Å². The first-order valence-electron chi connectivity index (χ1n) is 6.46. The molecule has 0 aromatic carbocycles. The van der Waals surface area contributed by atoms with Gasteiger partial charge in [-0.25, -0.2) is 9.78 Å². The average molecular weight is 274 g/mol. The number of carbonyl (C=O) groups is 1. The summed E-state index contributed by atoms with van der Waals surface area (Å²) in [5.74, 6) is 0.0822. The predicted molar refractivity (Wildman–Crippen MR) is 74.6 cm³/mol. The number of anilines is 1. The lowest BCUT2D eigenvalue weighted by Gasteiger charge is -2.40. The lowest BCUT2D eigenvalue weighted by atomic mass is 10.0. The predicted octanol–water partition coefficient (Wildman–Crippen LogP) is 0.928. The zero-order chi connectivity index (χ0) is 14.8. The van der Waals surface area contributed by atoms with Gasteiger partial charge in [-0.1, -0.05) is 0 Å². The van der Waals surface area contributed by atoms with Gasteiger partial charge in [0.05, 0.1) is 7.11 Å². The molecule has 0 aliphatic carbocycles. The van der Waals surface area contributed by atoms with Crippen LogP contribution in [0.4, 0.5) is 5.82 Å². The standard InChI is InChI=1S/C14H18N4O2/c1-14(2)9-18(7-6-16-14)12-11(13(19)20-3)5-4-10(8-15)17-12/h4-5,16H,6-7,9H2,1-3H3. The summed E-state index contributed by atoms with van der Waals surface area (Å²) in [6, 6.07) is 5.14. The van der Waals surface area contributed by atoms with Gasteiger partial charge < -0.3 is 15.0 Å². The van der Waals surface area contributed by atoms with Crippen molar-refractivity contribution in [1.29, 1.82) is 5.26 Å². The molecule has 0 radical (unpaired) electrons. The van der Waals surface area contributed by atoms with E-state index in [1.807, 2.05) is 11.0 Å². The molecule has 1 N–H and O–H groups in total. The maximum absolute atomic E-state index is 11.9. The van der Waals surface area contributed by atoms with Crippen molar-refractivity contribution < 1.29 is 9.53 Å².